The van der Waals surface area contributed by atoms with Crippen molar-refractivity contribution in [1.29, 1.82) is 0 Å². The van der Waals surface area contributed by atoms with Gasteiger partial charge in [0, 0.05) is 0 Å². The molecule has 3 heteroatoms. The molecule has 0 amide bonds. The maximum atomic E-state index is 10.4. The number of aliphatic hydroxyl groups is 1. The minimum absolute atomic E-state index is 0.00926. The Morgan fingerprint density at radius 2 is 1.92 bits per heavy atom. The molecule has 12 heavy (non-hydrogen) atoms. The fourth-order valence-electron chi connectivity index (χ4n) is 1.83. The highest BCUT2D eigenvalue weighted by Gasteiger charge is 2.23. The number of carbonyl (C=O) groups is 1. The lowest BCUT2D eigenvalue weighted by Gasteiger charge is -2.17. The maximum Gasteiger partial charge on any atom is 0.303 e. The number of aliphatic carboxylic acids is 1. The van der Waals surface area contributed by atoms with E-state index in [1.54, 1.807) is 0 Å². The number of aliphatic hydroxyl groups excluding tert-OH is 1. The largest absolute Gasteiger partial charge is 0.481 e. The van der Waals surface area contributed by atoms with Crippen molar-refractivity contribution in [2.75, 3.05) is 0 Å². The fraction of sp³-hybridized carbons (Fsp3) is 0.889. The molecular formula is C9H16O3. The van der Waals surface area contributed by atoms with Gasteiger partial charge >= 0.3 is 5.97 Å². The van der Waals surface area contributed by atoms with Crippen LogP contribution in [0.1, 0.15) is 38.5 Å². The minimum Gasteiger partial charge on any atom is -0.481 e. The first-order valence-electron chi connectivity index (χ1n) is 4.60. The van der Waals surface area contributed by atoms with Crippen molar-refractivity contribution in [3.63, 3.8) is 0 Å². The lowest BCUT2D eigenvalue weighted by molar-refractivity contribution is -0.139. The highest BCUT2D eigenvalue weighted by molar-refractivity contribution is 5.67. The van der Waals surface area contributed by atoms with Gasteiger partial charge < -0.3 is 10.2 Å². The van der Waals surface area contributed by atoms with Gasteiger partial charge in [-0.3, -0.25) is 4.79 Å². The number of rotatable bonds is 2. The molecule has 0 aliphatic heterocycles. The molecule has 0 aromatic carbocycles. The zero-order valence-electron chi connectivity index (χ0n) is 7.20. The van der Waals surface area contributed by atoms with Crippen LogP contribution >= 0.6 is 0 Å². The zero-order valence-corrected chi connectivity index (χ0v) is 7.20. The van der Waals surface area contributed by atoms with E-state index in [1.807, 2.05) is 0 Å². The van der Waals surface area contributed by atoms with Gasteiger partial charge in [-0.1, -0.05) is 19.3 Å². The molecule has 0 heterocycles. The summed E-state index contributed by atoms with van der Waals surface area (Å²) in [5.74, 6) is -0.800. The Bertz CT molecular complexity index is 156. The first-order chi connectivity index (χ1) is 5.70. The first-order valence-corrected chi connectivity index (χ1v) is 4.60. The number of carboxylic acid groups (broad SMARTS) is 1. The number of hydrogen-bond acceptors (Lipinski definition) is 2. The van der Waals surface area contributed by atoms with Crippen LogP contribution in [0.4, 0.5) is 0 Å². The van der Waals surface area contributed by atoms with Gasteiger partial charge in [0.2, 0.25) is 0 Å². The molecule has 1 aliphatic rings. The zero-order chi connectivity index (χ0) is 8.97. The van der Waals surface area contributed by atoms with E-state index in [0.29, 0.717) is 0 Å². The topological polar surface area (TPSA) is 57.5 Å². The third-order valence-corrected chi connectivity index (χ3v) is 2.56. The van der Waals surface area contributed by atoms with Gasteiger partial charge in [-0.05, 0) is 18.8 Å². The SMILES string of the molecule is O=C(O)C[C@H]1CCCCC[C@@H]1O. The third-order valence-electron chi connectivity index (χ3n) is 2.56. The molecule has 0 spiro atoms. The molecule has 0 unspecified atom stereocenters. The second-order valence-corrected chi connectivity index (χ2v) is 3.56. The quantitative estimate of drug-likeness (QED) is 0.619. The van der Waals surface area contributed by atoms with Crippen LogP contribution in [0, 0.1) is 5.92 Å². The highest BCUT2D eigenvalue weighted by atomic mass is 16.4. The van der Waals surface area contributed by atoms with Crippen LogP contribution in [0.3, 0.4) is 0 Å². The van der Waals surface area contributed by atoms with Crippen LogP contribution in [-0.2, 0) is 4.79 Å². The van der Waals surface area contributed by atoms with Gasteiger partial charge in [-0.25, -0.2) is 0 Å². The minimum atomic E-state index is -0.791. The van der Waals surface area contributed by atoms with Gasteiger partial charge in [0.15, 0.2) is 0 Å². The maximum absolute atomic E-state index is 10.4. The summed E-state index contributed by atoms with van der Waals surface area (Å²) in [5.41, 5.74) is 0. The number of hydrogen-bond donors (Lipinski definition) is 2. The molecule has 1 aliphatic carbocycles. The van der Waals surface area contributed by atoms with Crippen LogP contribution in [0.25, 0.3) is 0 Å². The molecule has 3 nitrogen and oxygen atoms in total. The Hall–Kier alpha value is -0.570. The molecule has 0 aromatic rings. The van der Waals surface area contributed by atoms with E-state index in [9.17, 15) is 9.90 Å². The van der Waals surface area contributed by atoms with Crippen LogP contribution in [0.5, 0.6) is 0 Å². The lowest BCUT2D eigenvalue weighted by Crippen LogP contribution is -2.21. The fourth-order valence-corrected chi connectivity index (χ4v) is 1.83. The Balaban J connectivity index is 2.41. The number of carboxylic acids is 1. The molecule has 1 saturated carbocycles. The van der Waals surface area contributed by atoms with Gasteiger partial charge in [0.25, 0.3) is 0 Å². The molecule has 1 rings (SSSR count). The average molecular weight is 172 g/mol. The molecule has 0 saturated heterocycles. The van der Waals surface area contributed by atoms with Crippen LogP contribution in [0.15, 0.2) is 0 Å². The second kappa shape index (κ2) is 4.45. The van der Waals surface area contributed by atoms with Gasteiger partial charge in [0.1, 0.15) is 0 Å². The first kappa shape index (κ1) is 9.52. The summed E-state index contributed by atoms with van der Waals surface area (Å²) in [6.45, 7) is 0. The monoisotopic (exact) mass is 172 g/mol. The van der Waals surface area contributed by atoms with Crippen LogP contribution in [-0.4, -0.2) is 22.3 Å². The van der Waals surface area contributed by atoms with E-state index in [0.717, 1.165) is 32.1 Å². The summed E-state index contributed by atoms with van der Waals surface area (Å²) in [4.78, 5) is 10.4. The second-order valence-electron chi connectivity index (χ2n) is 3.56. The molecule has 2 atom stereocenters. The van der Waals surface area contributed by atoms with Crippen LogP contribution < -0.4 is 0 Å². The van der Waals surface area contributed by atoms with E-state index >= 15 is 0 Å². The molecule has 70 valence electrons. The van der Waals surface area contributed by atoms with E-state index in [-0.39, 0.29) is 18.4 Å². The predicted octanol–water partition coefficient (Wildman–Crippen LogP) is 1.40. The van der Waals surface area contributed by atoms with Crippen molar-refractivity contribution in [3.05, 3.63) is 0 Å². The van der Waals surface area contributed by atoms with E-state index < -0.39 is 5.97 Å². The predicted molar refractivity (Wildman–Crippen MR) is 44.8 cm³/mol. The standard InChI is InChI=1S/C9H16O3/c10-8-5-3-1-2-4-7(8)6-9(11)12/h7-8,10H,1-6H2,(H,11,12)/t7-,8+/m1/s1. The third kappa shape index (κ3) is 2.81. The summed E-state index contributed by atoms with van der Waals surface area (Å²) >= 11 is 0. The summed E-state index contributed by atoms with van der Waals surface area (Å²) in [5, 5.41) is 18.1. The summed E-state index contributed by atoms with van der Waals surface area (Å²) in [7, 11) is 0. The molecule has 2 N–H and O–H groups in total. The van der Waals surface area contributed by atoms with Gasteiger partial charge in [-0.15, -0.1) is 0 Å². The van der Waals surface area contributed by atoms with Gasteiger partial charge in [0.05, 0.1) is 12.5 Å². The Morgan fingerprint density at radius 1 is 1.25 bits per heavy atom. The highest BCUT2D eigenvalue weighted by Crippen LogP contribution is 2.25. The average Bonchev–Trinajstić information content (AvgIpc) is 2.16. The van der Waals surface area contributed by atoms with Crippen LogP contribution in [0.2, 0.25) is 0 Å². The molecular weight excluding hydrogens is 156 g/mol. The van der Waals surface area contributed by atoms with Gasteiger partial charge in [-0.2, -0.15) is 0 Å². The van der Waals surface area contributed by atoms with Crippen molar-refractivity contribution >= 4 is 5.97 Å². The van der Waals surface area contributed by atoms with Crippen molar-refractivity contribution in [3.8, 4) is 0 Å². The Labute approximate surface area is 72.4 Å². The molecule has 0 bridgehead atoms. The Kier molecular flexibility index (Phi) is 3.53. The smallest absolute Gasteiger partial charge is 0.303 e. The summed E-state index contributed by atoms with van der Waals surface area (Å²) in [6.07, 6.45) is 4.62. The van der Waals surface area contributed by atoms with Crippen molar-refractivity contribution < 1.29 is 15.0 Å². The molecule has 1 fully saturated rings. The Morgan fingerprint density at radius 3 is 2.58 bits per heavy atom. The van der Waals surface area contributed by atoms with Crippen molar-refractivity contribution in [1.82, 2.24) is 0 Å². The summed E-state index contributed by atoms with van der Waals surface area (Å²) in [6, 6.07) is 0. The summed E-state index contributed by atoms with van der Waals surface area (Å²) < 4.78 is 0. The van der Waals surface area contributed by atoms with Crippen molar-refractivity contribution in [2.24, 2.45) is 5.92 Å². The normalized spacial score (nSPS) is 31.1. The lowest BCUT2D eigenvalue weighted by atomic mass is 9.94. The molecule has 0 aromatic heterocycles. The van der Waals surface area contributed by atoms with E-state index in [1.165, 1.54) is 0 Å². The van der Waals surface area contributed by atoms with Crippen molar-refractivity contribution in [2.45, 2.75) is 44.6 Å². The van der Waals surface area contributed by atoms with E-state index in [4.69, 9.17) is 5.11 Å². The molecule has 0 radical (unpaired) electrons. The van der Waals surface area contributed by atoms with E-state index in [2.05, 4.69) is 0 Å².